The zero-order chi connectivity index (χ0) is 22.7. The minimum Gasteiger partial charge on any atom is -0.455 e. The molecule has 30 heavy (non-hydrogen) atoms. The van der Waals surface area contributed by atoms with E-state index < -0.39 is 44.2 Å². The van der Waals surface area contributed by atoms with E-state index in [1.54, 1.807) is 20.8 Å². The van der Waals surface area contributed by atoms with Crippen molar-refractivity contribution in [3.05, 3.63) is 35.1 Å². The van der Waals surface area contributed by atoms with E-state index in [1.165, 1.54) is 0 Å². The molecule has 0 bridgehead atoms. The molecule has 10 heteroatoms. The fraction of sp³-hybridized carbons (Fsp3) is 0.550. The normalized spacial score (nSPS) is 11.1. The van der Waals surface area contributed by atoms with Crippen LogP contribution in [0.25, 0.3) is 0 Å². The SMILES string of the molecule is CCC(=O)O[Si](CCCCCc1c(F)cc(F)cc1F)(OC(=O)CC)OC(=O)CC. The topological polar surface area (TPSA) is 78.9 Å². The highest BCUT2D eigenvalue weighted by atomic mass is 28.4. The van der Waals surface area contributed by atoms with Crippen molar-refractivity contribution in [2.24, 2.45) is 0 Å². The van der Waals surface area contributed by atoms with Crippen molar-refractivity contribution in [3.8, 4) is 0 Å². The van der Waals surface area contributed by atoms with Gasteiger partial charge in [0.15, 0.2) is 0 Å². The highest BCUT2D eigenvalue weighted by molar-refractivity contribution is 6.65. The molecule has 0 saturated heterocycles. The Kier molecular flexibility index (Phi) is 10.6. The Bertz CT molecular complexity index is 688. The molecule has 1 rings (SSSR count). The van der Waals surface area contributed by atoms with Crippen LogP contribution in [0.15, 0.2) is 12.1 Å². The van der Waals surface area contributed by atoms with Crippen molar-refractivity contribution in [2.75, 3.05) is 0 Å². The molecule has 1 aromatic rings. The Morgan fingerprint density at radius 1 is 0.767 bits per heavy atom. The molecular weight excluding hydrogens is 421 g/mol. The summed E-state index contributed by atoms with van der Waals surface area (Å²) in [5, 5.41) is 0. The largest absolute Gasteiger partial charge is 0.705 e. The predicted molar refractivity (Wildman–Crippen MR) is 104 cm³/mol. The first-order valence-corrected chi connectivity index (χ1v) is 11.9. The van der Waals surface area contributed by atoms with E-state index in [1.807, 2.05) is 0 Å². The summed E-state index contributed by atoms with van der Waals surface area (Å²) >= 11 is 0. The highest BCUT2D eigenvalue weighted by Gasteiger charge is 2.52. The second-order valence-corrected chi connectivity index (χ2v) is 9.05. The second-order valence-electron chi connectivity index (χ2n) is 6.57. The molecule has 0 heterocycles. The van der Waals surface area contributed by atoms with Gasteiger partial charge in [-0.25, -0.2) is 13.2 Å². The molecule has 0 fully saturated rings. The maximum Gasteiger partial charge on any atom is 0.705 e. The lowest BCUT2D eigenvalue weighted by atomic mass is 10.1. The number of halogens is 3. The van der Waals surface area contributed by atoms with E-state index in [0.29, 0.717) is 31.4 Å². The first-order valence-electron chi connectivity index (χ1n) is 9.95. The third-order valence-electron chi connectivity index (χ3n) is 4.19. The Morgan fingerprint density at radius 2 is 1.20 bits per heavy atom. The van der Waals surface area contributed by atoms with Gasteiger partial charge < -0.3 is 13.3 Å². The number of rotatable bonds is 12. The summed E-state index contributed by atoms with van der Waals surface area (Å²) in [7, 11) is -3.95. The predicted octanol–water partition coefficient (Wildman–Crippen LogP) is 4.62. The third-order valence-corrected chi connectivity index (χ3v) is 6.77. The molecule has 0 radical (unpaired) electrons. The highest BCUT2D eigenvalue weighted by Crippen LogP contribution is 2.24. The van der Waals surface area contributed by atoms with E-state index in [4.69, 9.17) is 13.3 Å². The monoisotopic (exact) mass is 448 g/mol. The fourth-order valence-corrected chi connectivity index (χ4v) is 5.17. The summed E-state index contributed by atoms with van der Waals surface area (Å²) in [5.74, 6) is -4.89. The quantitative estimate of drug-likeness (QED) is 0.343. The summed E-state index contributed by atoms with van der Waals surface area (Å²) in [5.41, 5.74) is -0.216. The summed E-state index contributed by atoms with van der Waals surface area (Å²) in [6.07, 6.45) is 1.13. The number of hydrogen-bond donors (Lipinski definition) is 0. The van der Waals surface area contributed by atoms with E-state index in [9.17, 15) is 27.6 Å². The molecule has 0 N–H and O–H groups in total. The molecule has 0 amide bonds. The van der Waals surface area contributed by atoms with Crippen LogP contribution in [0.5, 0.6) is 0 Å². The van der Waals surface area contributed by atoms with Gasteiger partial charge in [-0.15, -0.1) is 0 Å². The van der Waals surface area contributed by atoms with Crippen molar-refractivity contribution in [1.29, 1.82) is 0 Å². The van der Waals surface area contributed by atoms with Crippen molar-refractivity contribution in [1.82, 2.24) is 0 Å². The standard InChI is InChI=1S/C20H27F3O6Si/c1-4-18(24)27-30(28-19(25)5-2,29-20(26)6-3)11-9-7-8-10-15-16(22)12-14(21)13-17(15)23/h12-13H,4-11H2,1-3H3. The number of unbranched alkanes of at least 4 members (excludes halogenated alkanes) is 2. The van der Waals surface area contributed by atoms with E-state index in [-0.39, 0.29) is 37.3 Å². The smallest absolute Gasteiger partial charge is 0.455 e. The van der Waals surface area contributed by atoms with Gasteiger partial charge in [-0.1, -0.05) is 27.2 Å². The number of benzene rings is 1. The molecule has 0 aliphatic rings. The van der Waals surface area contributed by atoms with Crippen molar-refractivity contribution in [2.45, 2.75) is 71.8 Å². The van der Waals surface area contributed by atoms with Gasteiger partial charge in [-0.05, 0) is 19.3 Å². The Labute approximate surface area is 175 Å². The Hall–Kier alpha value is -2.36. The zero-order valence-electron chi connectivity index (χ0n) is 17.4. The molecular formula is C20H27F3O6Si. The van der Waals surface area contributed by atoms with Crippen molar-refractivity contribution < 1.29 is 40.8 Å². The maximum atomic E-state index is 13.7. The van der Waals surface area contributed by atoms with Gasteiger partial charge in [-0.2, -0.15) is 0 Å². The molecule has 0 spiro atoms. The van der Waals surface area contributed by atoms with Crippen LogP contribution in [0.2, 0.25) is 6.04 Å². The van der Waals surface area contributed by atoms with E-state index in [2.05, 4.69) is 0 Å². The Balaban J connectivity index is 2.81. The molecule has 1 aromatic carbocycles. The molecule has 0 aliphatic carbocycles. The van der Waals surface area contributed by atoms with Gasteiger partial charge in [0.1, 0.15) is 17.5 Å². The van der Waals surface area contributed by atoms with Gasteiger partial charge in [-0.3, -0.25) is 14.4 Å². The van der Waals surface area contributed by atoms with Crippen LogP contribution >= 0.6 is 0 Å². The summed E-state index contributed by atoms with van der Waals surface area (Å²) in [4.78, 5) is 35.6. The van der Waals surface area contributed by atoms with Crippen LogP contribution < -0.4 is 0 Å². The van der Waals surface area contributed by atoms with Crippen LogP contribution in [0, 0.1) is 17.5 Å². The zero-order valence-corrected chi connectivity index (χ0v) is 18.4. The molecule has 0 atom stereocenters. The average molecular weight is 449 g/mol. The molecule has 0 saturated carbocycles. The summed E-state index contributed by atoms with van der Waals surface area (Å²) in [6, 6.07) is 1.24. The number of carbonyl (C=O) groups is 3. The minimum atomic E-state index is -3.95. The fourth-order valence-electron chi connectivity index (χ4n) is 2.58. The van der Waals surface area contributed by atoms with Gasteiger partial charge >= 0.3 is 8.80 Å². The number of carbonyl (C=O) groups excluding carboxylic acids is 3. The van der Waals surface area contributed by atoms with Gasteiger partial charge in [0, 0.05) is 37.0 Å². The lowest BCUT2D eigenvalue weighted by Gasteiger charge is -2.27. The van der Waals surface area contributed by atoms with Gasteiger partial charge in [0.2, 0.25) is 0 Å². The van der Waals surface area contributed by atoms with Crippen LogP contribution in [-0.4, -0.2) is 26.7 Å². The average Bonchev–Trinajstić information content (AvgIpc) is 2.68. The molecule has 168 valence electrons. The lowest BCUT2D eigenvalue weighted by Crippen LogP contribution is -2.50. The van der Waals surface area contributed by atoms with E-state index in [0.717, 1.165) is 0 Å². The van der Waals surface area contributed by atoms with Crippen molar-refractivity contribution >= 4 is 26.7 Å². The van der Waals surface area contributed by atoms with E-state index >= 15 is 0 Å². The third kappa shape index (κ3) is 8.17. The van der Waals surface area contributed by atoms with Crippen LogP contribution in [0.1, 0.15) is 64.9 Å². The van der Waals surface area contributed by atoms with Gasteiger partial charge in [0.05, 0.1) is 6.04 Å². The first kappa shape index (κ1) is 25.7. The lowest BCUT2D eigenvalue weighted by molar-refractivity contribution is -0.150. The molecule has 0 aromatic heterocycles. The number of hydrogen-bond acceptors (Lipinski definition) is 6. The van der Waals surface area contributed by atoms with Crippen LogP contribution in [-0.2, 0) is 34.1 Å². The molecule has 0 unspecified atom stereocenters. The van der Waals surface area contributed by atoms with Crippen LogP contribution in [0.3, 0.4) is 0 Å². The summed E-state index contributed by atoms with van der Waals surface area (Å²) < 4.78 is 56.3. The molecule has 6 nitrogen and oxygen atoms in total. The maximum absolute atomic E-state index is 13.7. The summed E-state index contributed by atoms with van der Waals surface area (Å²) in [6.45, 7) is 4.66. The van der Waals surface area contributed by atoms with Crippen molar-refractivity contribution in [3.63, 3.8) is 0 Å². The first-order chi connectivity index (χ1) is 14.2. The second kappa shape index (κ2) is 12.4. The molecule has 0 aliphatic heterocycles. The minimum absolute atomic E-state index is 0.00457. The van der Waals surface area contributed by atoms with Gasteiger partial charge in [0.25, 0.3) is 17.9 Å². The Morgan fingerprint density at radius 3 is 1.60 bits per heavy atom. The van der Waals surface area contributed by atoms with Crippen LogP contribution in [0.4, 0.5) is 13.2 Å².